The molecule has 2 unspecified atom stereocenters. The van der Waals surface area contributed by atoms with Crippen molar-refractivity contribution in [3.63, 3.8) is 0 Å². The number of H-pyrrole nitrogens is 1. The molecule has 3 aromatic rings. The Morgan fingerprint density at radius 3 is 2.58 bits per heavy atom. The van der Waals surface area contributed by atoms with Gasteiger partial charge in [-0.15, -0.1) is 0 Å². The van der Waals surface area contributed by atoms with E-state index in [1.807, 2.05) is 0 Å². The molecule has 24 heavy (non-hydrogen) atoms. The molecule has 0 radical (unpaired) electrons. The molecule has 1 aliphatic carbocycles. The monoisotopic (exact) mass is 316 g/mol. The molecule has 2 bridgehead atoms. The molecule has 1 aromatic heterocycles. The van der Waals surface area contributed by atoms with E-state index in [0.29, 0.717) is 6.04 Å². The van der Waals surface area contributed by atoms with Gasteiger partial charge in [0.25, 0.3) is 0 Å². The lowest BCUT2D eigenvalue weighted by Gasteiger charge is -2.42. The minimum atomic E-state index is 0.689. The molecule has 3 heterocycles. The van der Waals surface area contributed by atoms with Gasteiger partial charge >= 0.3 is 0 Å². The smallest absolute Gasteiger partial charge is 0.0456 e. The maximum absolute atomic E-state index is 3.62. The van der Waals surface area contributed by atoms with Gasteiger partial charge < -0.3 is 4.98 Å². The largest absolute Gasteiger partial charge is 0.357 e. The Kier molecular flexibility index (Phi) is 3.45. The summed E-state index contributed by atoms with van der Waals surface area (Å²) >= 11 is 0. The lowest BCUT2D eigenvalue weighted by molar-refractivity contribution is 0.0928. The highest BCUT2D eigenvalue weighted by atomic mass is 15.2. The zero-order chi connectivity index (χ0) is 15.9. The van der Waals surface area contributed by atoms with E-state index in [1.54, 1.807) is 11.1 Å². The Bertz CT molecular complexity index is 830. The lowest BCUT2D eigenvalue weighted by atomic mass is 9.80. The van der Waals surface area contributed by atoms with Gasteiger partial charge in [0.2, 0.25) is 0 Å². The third-order valence-corrected chi connectivity index (χ3v) is 5.96. The predicted molar refractivity (Wildman–Crippen MR) is 99.1 cm³/mol. The van der Waals surface area contributed by atoms with Crippen molar-refractivity contribution in [1.29, 1.82) is 0 Å². The zero-order valence-electron chi connectivity index (χ0n) is 14.0. The number of piperidine rings is 1. The third kappa shape index (κ3) is 2.55. The first-order valence-corrected chi connectivity index (χ1v) is 9.22. The quantitative estimate of drug-likeness (QED) is 0.735. The van der Waals surface area contributed by atoms with Gasteiger partial charge in [-0.3, -0.25) is 4.90 Å². The minimum absolute atomic E-state index is 0.689. The van der Waals surface area contributed by atoms with Gasteiger partial charge in [-0.25, -0.2) is 0 Å². The topological polar surface area (TPSA) is 19.0 Å². The van der Waals surface area contributed by atoms with Crippen LogP contribution in [0.5, 0.6) is 0 Å². The van der Waals surface area contributed by atoms with E-state index in [-0.39, 0.29) is 0 Å². The van der Waals surface area contributed by atoms with Crippen molar-refractivity contribution in [2.75, 3.05) is 6.54 Å². The molecule has 1 saturated heterocycles. The number of aromatic amines is 1. The number of hydrogen-bond acceptors (Lipinski definition) is 1. The van der Waals surface area contributed by atoms with Crippen LogP contribution in [-0.4, -0.2) is 22.5 Å². The number of para-hydroxylation sites is 1. The van der Waals surface area contributed by atoms with E-state index in [4.69, 9.17) is 0 Å². The molecule has 122 valence electrons. The van der Waals surface area contributed by atoms with Crippen LogP contribution in [0.1, 0.15) is 29.7 Å². The summed E-state index contributed by atoms with van der Waals surface area (Å²) in [4.78, 5) is 6.35. The summed E-state index contributed by atoms with van der Waals surface area (Å²) in [6, 6.07) is 20.7. The number of nitrogens with one attached hydrogen (secondary N) is 1. The van der Waals surface area contributed by atoms with Crippen LogP contribution in [0.4, 0.5) is 0 Å². The first-order valence-electron chi connectivity index (χ1n) is 9.22. The number of fused-ring (bicyclic) bond motifs is 3. The van der Waals surface area contributed by atoms with Crippen molar-refractivity contribution < 1.29 is 0 Å². The van der Waals surface area contributed by atoms with E-state index in [9.17, 15) is 0 Å². The highest BCUT2D eigenvalue weighted by Crippen LogP contribution is 2.33. The van der Waals surface area contributed by atoms with Gasteiger partial charge in [-0.1, -0.05) is 42.5 Å². The molecule has 3 aliphatic rings. The molecule has 0 amide bonds. The van der Waals surface area contributed by atoms with Gasteiger partial charge in [-0.2, -0.15) is 0 Å². The molecule has 2 atom stereocenters. The Hall–Kier alpha value is -2.06. The van der Waals surface area contributed by atoms with Crippen molar-refractivity contribution in [1.82, 2.24) is 9.88 Å². The summed E-state index contributed by atoms with van der Waals surface area (Å²) in [5.41, 5.74) is 5.79. The molecule has 0 saturated carbocycles. The second-order valence-electron chi connectivity index (χ2n) is 7.59. The molecule has 1 fully saturated rings. The molecule has 2 nitrogen and oxygen atoms in total. The fourth-order valence-electron chi connectivity index (χ4n) is 4.73. The molecule has 2 heteroatoms. The van der Waals surface area contributed by atoms with Crippen LogP contribution in [0, 0.1) is 5.92 Å². The molecule has 0 spiro atoms. The number of nitrogens with zero attached hydrogens (tertiary/aromatic N) is 1. The van der Waals surface area contributed by atoms with Crippen LogP contribution in [0.2, 0.25) is 0 Å². The molecular weight excluding hydrogens is 292 g/mol. The van der Waals surface area contributed by atoms with E-state index >= 15 is 0 Å². The van der Waals surface area contributed by atoms with Crippen LogP contribution >= 0.6 is 0 Å². The average molecular weight is 316 g/mol. The summed E-state index contributed by atoms with van der Waals surface area (Å²) in [5.74, 6) is 0.812. The van der Waals surface area contributed by atoms with E-state index in [2.05, 4.69) is 64.5 Å². The summed E-state index contributed by atoms with van der Waals surface area (Å²) in [5, 5.41) is 1.33. The van der Waals surface area contributed by atoms with Crippen molar-refractivity contribution in [2.45, 2.75) is 38.3 Å². The number of aromatic nitrogens is 1. The van der Waals surface area contributed by atoms with Crippen LogP contribution in [0.15, 0.2) is 54.6 Å². The van der Waals surface area contributed by atoms with Crippen LogP contribution in [0.25, 0.3) is 10.9 Å². The summed E-state index contributed by atoms with van der Waals surface area (Å²) in [6.45, 7) is 2.30. The van der Waals surface area contributed by atoms with Gasteiger partial charge in [0.15, 0.2) is 0 Å². The fraction of sp³-hybridized carbons (Fsp3) is 0.364. The zero-order valence-corrected chi connectivity index (χ0v) is 14.0. The maximum atomic E-state index is 3.62. The summed E-state index contributed by atoms with van der Waals surface area (Å²) < 4.78 is 0. The van der Waals surface area contributed by atoms with E-state index in [0.717, 1.165) is 12.5 Å². The van der Waals surface area contributed by atoms with Crippen molar-refractivity contribution >= 4 is 10.9 Å². The highest BCUT2D eigenvalue weighted by Gasteiger charge is 2.31. The fourth-order valence-corrected chi connectivity index (χ4v) is 4.73. The van der Waals surface area contributed by atoms with Crippen molar-refractivity contribution in [2.24, 2.45) is 5.92 Å². The van der Waals surface area contributed by atoms with E-state index in [1.165, 1.54) is 48.8 Å². The van der Waals surface area contributed by atoms with E-state index < -0.39 is 0 Å². The molecular formula is C22H24N2. The number of rotatable bonds is 2. The Labute approximate surface area is 143 Å². The highest BCUT2D eigenvalue weighted by molar-refractivity contribution is 5.80. The maximum Gasteiger partial charge on any atom is 0.0456 e. The minimum Gasteiger partial charge on any atom is -0.357 e. The SMILES string of the molecule is c1ccc2c(c1)CC1CCC(C2)N(Cc2cc3ccccc3[nH]2)C1. The van der Waals surface area contributed by atoms with Crippen LogP contribution in [0.3, 0.4) is 0 Å². The molecule has 2 aromatic carbocycles. The first-order chi connectivity index (χ1) is 11.8. The van der Waals surface area contributed by atoms with Crippen LogP contribution in [-0.2, 0) is 19.4 Å². The second kappa shape index (κ2) is 5.78. The molecule has 2 aliphatic heterocycles. The third-order valence-electron chi connectivity index (χ3n) is 5.96. The normalized spacial score (nSPS) is 23.8. The van der Waals surface area contributed by atoms with Gasteiger partial charge in [0.05, 0.1) is 0 Å². The van der Waals surface area contributed by atoms with Crippen molar-refractivity contribution in [3.8, 4) is 0 Å². The standard InChI is InChI=1S/C22H24N2/c1-2-6-18-13-21-10-9-16(11-17(18)5-1)14-24(21)15-20-12-19-7-3-4-8-22(19)23-20/h1-8,12,16,21,23H,9-11,13-15H2. The second-order valence-corrected chi connectivity index (χ2v) is 7.59. The number of benzene rings is 2. The van der Waals surface area contributed by atoms with Crippen LogP contribution < -0.4 is 0 Å². The van der Waals surface area contributed by atoms with Gasteiger partial charge in [0, 0.05) is 30.3 Å². The molecule has 6 rings (SSSR count). The van der Waals surface area contributed by atoms with Gasteiger partial charge in [0.1, 0.15) is 0 Å². The Morgan fingerprint density at radius 1 is 0.917 bits per heavy atom. The molecule has 1 N–H and O–H groups in total. The number of hydrogen-bond donors (Lipinski definition) is 1. The summed E-state index contributed by atoms with van der Waals surface area (Å²) in [6.07, 6.45) is 5.21. The first kappa shape index (κ1) is 14.3. The average Bonchev–Trinajstić information content (AvgIpc) is 2.98. The lowest BCUT2D eigenvalue weighted by Crippen LogP contribution is -2.46. The summed E-state index contributed by atoms with van der Waals surface area (Å²) in [7, 11) is 0. The van der Waals surface area contributed by atoms with Gasteiger partial charge in [-0.05, 0) is 60.2 Å². The predicted octanol–water partition coefficient (Wildman–Crippen LogP) is 4.55. The Morgan fingerprint density at radius 2 is 1.71 bits per heavy atom. The Balaban J connectivity index is 1.43. The van der Waals surface area contributed by atoms with Crippen molar-refractivity contribution in [3.05, 3.63) is 71.4 Å².